The first-order valence-electron chi connectivity index (χ1n) is 3.42. The third-order valence-electron chi connectivity index (χ3n) is 1.12. The van der Waals surface area contributed by atoms with E-state index in [1.807, 2.05) is 0 Å². The second-order valence-electron chi connectivity index (χ2n) is 2.41. The number of aromatic nitrogens is 2. The molecule has 1 rings (SSSR count). The zero-order valence-corrected chi connectivity index (χ0v) is 7.48. The summed E-state index contributed by atoms with van der Waals surface area (Å²) in [6, 6.07) is 0. The van der Waals surface area contributed by atoms with Crippen molar-refractivity contribution in [1.82, 2.24) is 10.2 Å². The van der Waals surface area contributed by atoms with E-state index in [9.17, 15) is 0 Å². The largest absolute Gasteiger partial charge is 0.357 e. The van der Waals surface area contributed by atoms with Crippen LogP contribution in [0.1, 0.15) is 13.8 Å². The van der Waals surface area contributed by atoms with Crippen LogP contribution in [0.4, 0.5) is 5.13 Å². The lowest BCUT2D eigenvalue weighted by Crippen LogP contribution is -1.97. The normalized spacial score (nSPS) is 9.27. The average Bonchev–Trinajstić information content (AvgIpc) is 2.39. The zero-order chi connectivity index (χ0) is 8.10. The fourth-order valence-electron chi connectivity index (χ4n) is 0.593. The van der Waals surface area contributed by atoms with Gasteiger partial charge >= 0.3 is 0 Å². The molecule has 1 heterocycles. The Hall–Kier alpha value is -0.900. The molecule has 0 aromatic carbocycles. The van der Waals surface area contributed by atoms with E-state index in [0.717, 1.165) is 11.7 Å². The lowest BCUT2D eigenvalue weighted by molar-refractivity contribution is 1.08. The molecule has 3 nitrogen and oxygen atoms in total. The zero-order valence-electron chi connectivity index (χ0n) is 6.66. The Bertz CT molecular complexity index is 224. The molecule has 0 aliphatic carbocycles. The summed E-state index contributed by atoms with van der Waals surface area (Å²) >= 11 is 1.51. The van der Waals surface area contributed by atoms with Crippen molar-refractivity contribution in [2.45, 2.75) is 13.8 Å². The number of nitrogens with one attached hydrogen (secondary N) is 1. The third-order valence-corrected chi connectivity index (χ3v) is 1.77. The molecule has 4 heteroatoms. The van der Waals surface area contributed by atoms with Crippen LogP contribution in [0.25, 0.3) is 0 Å². The number of allylic oxidation sites excluding steroid dienone is 1. The second kappa shape index (κ2) is 4.08. The second-order valence-corrected chi connectivity index (χ2v) is 3.24. The molecule has 0 spiro atoms. The van der Waals surface area contributed by atoms with Crippen molar-refractivity contribution in [3.63, 3.8) is 0 Å². The van der Waals surface area contributed by atoms with Gasteiger partial charge in [0.25, 0.3) is 0 Å². The van der Waals surface area contributed by atoms with Crippen LogP contribution < -0.4 is 5.32 Å². The number of anilines is 1. The summed E-state index contributed by atoms with van der Waals surface area (Å²) in [6.45, 7) is 4.97. The van der Waals surface area contributed by atoms with Gasteiger partial charge in [-0.2, -0.15) is 0 Å². The predicted octanol–water partition coefficient (Wildman–Crippen LogP) is 1.92. The summed E-state index contributed by atoms with van der Waals surface area (Å²) in [6.07, 6.45) is 2.11. The Morgan fingerprint density at radius 2 is 2.55 bits per heavy atom. The number of rotatable bonds is 3. The van der Waals surface area contributed by atoms with Gasteiger partial charge < -0.3 is 5.32 Å². The van der Waals surface area contributed by atoms with E-state index in [-0.39, 0.29) is 0 Å². The Morgan fingerprint density at radius 1 is 1.73 bits per heavy atom. The van der Waals surface area contributed by atoms with E-state index >= 15 is 0 Å². The van der Waals surface area contributed by atoms with Gasteiger partial charge in [0.1, 0.15) is 5.51 Å². The maximum Gasteiger partial charge on any atom is 0.205 e. The molecule has 0 amide bonds. The molecule has 1 N–H and O–H groups in total. The van der Waals surface area contributed by atoms with Gasteiger partial charge in [-0.1, -0.05) is 23.0 Å². The van der Waals surface area contributed by atoms with E-state index in [2.05, 4.69) is 35.4 Å². The van der Waals surface area contributed by atoms with E-state index < -0.39 is 0 Å². The third kappa shape index (κ3) is 3.13. The van der Waals surface area contributed by atoms with Gasteiger partial charge in [-0.05, 0) is 13.8 Å². The molecule has 0 saturated heterocycles. The van der Waals surface area contributed by atoms with Crippen molar-refractivity contribution in [1.29, 1.82) is 0 Å². The van der Waals surface area contributed by atoms with Gasteiger partial charge in [0.05, 0.1) is 0 Å². The van der Waals surface area contributed by atoms with Crippen molar-refractivity contribution in [3.8, 4) is 0 Å². The SMILES string of the molecule is CC(C)=CCNc1nncs1. The summed E-state index contributed by atoms with van der Waals surface area (Å²) in [5.41, 5.74) is 3.02. The van der Waals surface area contributed by atoms with Crippen molar-refractivity contribution < 1.29 is 0 Å². The summed E-state index contributed by atoms with van der Waals surface area (Å²) in [7, 11) is 0. The molecule has 0 aliphatic heterocycles. The fourth-order valence-corrected chi connectivity index (χ4v) is 1.05. The maximum absolute atomic E-state index is 3.84. The van der Waals surface area contributed by atoms with Gasteiger partial charge in [-0.3, -0.25) is 0 Å². The summed E-state index contributed by atoms with van der Waals surface area (Å²) < 4.78 is 0. The van der Waals surface area contributed by atoms with Crippen LogP contribution in [-0.2, 0) is 0 Å². The van der Waals surface area contributed by atoms with Crippen LogP contribution in [0.5, 0.6) is 0 Å². The molecule has 0 unspecified atom stereocenters. The highest BCUT2D eigenvalue weighted by Gasteiger charge is 1.90. The number of hydrogen-bond donors (Lipinski definition) is 1. The molecule has 0 aliphatic rings. The van der Waals surface area contributed by atoms with Gasteiger partial charge in [-0.15, -0.1) is 10.2 Å². The van der Waals surface area contributed by atoms with Gasteiger partial charge in [-0.25, -0.2) is 0 Å². The van der Waals surface area contributed by atoms with Crippen molar-refractivity contribution in [2.75, 3.05) is 11.9 Å². The van der Waals surface area contributed by atoms with Crippen LogP contribution in [0.15, 0.2) is 17.2 Å². The summed E-state index contributed by atoms with van der Waals surface area (Å²) in [4.78, 5) is 0. The Labute approximate surface area is 70.2 Å². The van der Waals surface area contributed by atoms with Crippen LogP contribution in [0, 0.1) is 0 Å². The molecule has 0 saturated carbocycles. The van der Waals surface area contributed by atoms with Crippen LogP contribution in [0.2, 0.25) is 0 Å². The lowest BCUT2D eigenvalue weighted by Gasteiger charge is -1.95. The van der Waals surface area contributed by atoms with Crippen molar-refractivity contribution in [3.05, 3.63) is 17.2 Å². The van der Waals surface area contributed by atoms with Crippen LogP contribution in [-0.4, -0.2) is 16.7 Å². The molecule has 1 aromatic heterocycles. The molecule has 0 fully saturated rings. The smallest absolute Gasteiger partial charge is 0.205 e. The van der Waals surface area contributed by atoms with E-state index in [4.69, 9.17) is 0 Å². The predicted molar refractivity (Wildman–Crippen MR) is 47.8 cm³/mol. The summed E-state index contributed by atoms with van der Waals surface area (Å²) in [5.74, 6) is 0. The van der Waals surface area contributed by atoms with Crippen LogP contribution in [0.3, 0.4) is 0 Å². The first kappa shape index (κ1) is 8.20. The van der Waals surface area contributed by atoms with E-state index in [0.29, 0.717) is 0 Å². The first-order valence-corrected chi connectivity index (χ1v) is 4.30. The highest BCUT2D eigenvalue weighted by Crippen LogP contribution is 2.06. The molecule has 11 heavy (non-hydrogen) atoms. The molecule has 0 radical (unpaired) electrons. The van der Waals surface area contributed by atoms with Crippen molar-refractivity contribution in [2.24, 2.45) is 0 Å². The molecule has 0 atom stereocenters. The molecular formula is C7H11N3S. The lowest BCUT2D eigenvalue weighted by atomic mass is 10.3. The topological polar surface area (TPSA) is 37.8 Å². The quantitative estimate of drug-likeness (QED) is 0.702. The average molecular weight is 169 g/mol. The highest BCUT2D eigenvalue weighted by atomic mass is 32.1. The number of hydrogen-bond acceptors (Lipinski definition) is 4. The molecule has 0 bridgehead atoms. The van der Waals surface area contributed by atoms with Gasteiger partial charge in [0, 0.05) is 6.54 Å². The Balaban J connectivity index is 2.30. The van der Waals surface area contributed by atoms with Crippen LogP contribution >= 0.6 is 11.3 Å². The minimum absolute atomic E-state index is 0.831. The summed E-state index contributed by atoms with van der Waals surface area (Å²) in [5, 5.41) is 11.5. The van der Waals surface area contributed by atoms with Gasteiger partial charge in [0.15, 0.2) is 0 Å². The Kier molecular flexibility index (Phi) is 3.04. The van der Waals surface area contributed by atoms with E-state index in [1.54, 1.807) is 5.51 Å². The fraction of sp³-hybridized carbons (Fsp3) is 0.429. The standard InChI is InChI=1S/C7H11N3S/c1-6(2)3-4-8-7-10-9-5-11-7/h3,5H,4H2,1-2H3,(H,8,10). The molecular weight excluding hydrogens is 158 g/mol. The van der Waals surface area contributed by atoms with Crippen molar-refractivity contribution >= 4 is 16.5 Å². The molecule has 60 valence electrons. The van der Waals surface area contributed by atoms with E-state index in [1.165, 1.54) is 16.9 Å². The number of nitrogens with zero attached hydrogens (tertiary/aromatic N) is 2. The minimum atomic E-state index is 0.831. The first-order chi connectivity index (χ1) is 5.29. The van der Waals surface area contributed by atoms with Gasteiger partial charge in [0.2, 0.25) is 5.13 Å². The monoisotopic (exact) mass is 169 g/mol. The Morgan fingerprint density at radius 3 is 3.09 bits per heavy atom. The highest BCUT2D eigenvalue weighted by molar-refractivity contribution is 7.13. The molecule has 1 aromatic rings. The maximum atomic E-state index is 3.84. The minimum Gasteiger partial charge on any atom is -0.357 e.